The summed E-state index contributed by atoms with van der Waals surface area (Å²) in [6.07, 6.45) is 0. The van der Waals surface area contributed by atoms with Crippen molar-refractivity contribution in [3.05, 3.63) is 130 Å². The van der Waals surface area contributed by atoms with Gasteiger partial charge in [-0.25, -0.2) is 0 Å². The molecule has 0 spiro atoms. The molecular formula is C25H17Cl. The van der Waals surface area contributed by atoms with Crippen LogP contribution in [0, 0.1) is 0 Å². The van der Waals surface area contributed by atoms with Crippen LogP contribution in [0.4, 0.5) is 0 Å². The normalized spacial score (nSPS) is 13.9. The van der Waals surface area contributed by atoms with E-state index < -0.39 is 0 Å². The highest BCUT2D eigenvalue weighted by atomic mass is 35.5. The monoisotopic (exact) mass is 352 g/mol. The van der Waals surface area contributed by atoms with Crippen LogP contribution in [0.2, 0.25) is 5.02 Å². The van der Waals surface area contributed by atoms with Gasteiger partial charge < -0.3 is 0 Å². The molecule has 0 fully saturated rings. The zero-order valence-electron chi connectivity index (χ0n) is 14.2. The summed E-state index contributed by atoms with van der Waals surface area (Å²) in [7, 11) is 0. The summed E-state index contributed by atoms with van der Waals surface area (Å²) in [5.74, 6) is 0. The minimum Gasteiger partial charge on any atom is -0.0843 e. The van der Waals surface area contributed by atoms with Gasteiger partial charge >= 0.3 is 0 Å². The molecule has 0 aliphatic heterocycles. The maximum atomic E-state index is 6.43. The summed E-state index contributed by atoms with van der Waals surface area (Å²) >= 11 is 6.43. The van der Waals surface area contributed by atoms with Gasteiger partial charge in [-0.15, -0.1) is 0 Å². The van der Waals surface area contributed by atoms with Crippen molar-refractivity contribution in [2.24, 2.45) is 0 Å². The Balaban J connectivity index is 1.98. The van der Waals surface area contributed by atoms with Crippen molar-refractivity contribution in [2.45, 2.75) is 5.41 Å². The number of halogens is 1. The smallest absolute Gasteiger partial charge is 0.0714 e. The highest BCUT2D eigenvalue weighted by molar-refractivity contribution is 6.30. The molecule has 1 heteroatoms. The summed E-state index contributed by atoms with van der Waals surface area (Å²) in [6.45, 7) is 0. The van der Waals surface area contributed by atoms with Crippen LogP contribution in [0.1, 0.15) is 22.3 Å². The molecule has 124 valence electrons. The first-order chi connectivity index (χ1) is 12.8. The van der Waals surface area contributed by atoms with Gasteiger partial charge in [0.1, 0.15) is 0 Å². The zero-order valence-corrected chi connectivity index (χ0v) is 14.9. The Morgan fingerprint density at radius 3 is 1.65 bits per heavy atom. The van der Waals surface area contributed by atoms with Gasteiger partial charge in [0.15, 0.2) is 0 Å². The van der Waals surface area contributed by atoms with E-state index in [9.17, 15) is 0 Å². The standard InChI is InChI=1S/C25H17Cl/c26-20-12-8-11-19(17-20)25(18-9-2-1-3-10-18)23-15-6-4-13-21(23)22-14-5-7-16-24(22)25/h1-17H. The second kappa shape index (κ2) is 5.86. The molecule has 0 unspecified atom stereocenters. The molecule has 5 rings (SSSR count). The predicted molar refractivity (Wildman–Crippen MR) is 109 cm³/mol. The summed E-state index contributed by atoms with van der Waals surface area (Å²) in [5.41, 5.74) is 7.34. The molecular weight excluding hydrogens is 336 g/mol. The zero-order chi connectivity index (χ0) is 17.6. The van der Waals surface area contributed by atoms with Gasteiger partial charge in [-0.1, -0.05) is 103 Å². The van der Waals surface area contributed by atoms with Crippen LogP contribution >= 0.6 is 11.6 Å². The molecule has 0 nitrogen and oxygen atoms in total. The van der Waals surface area contributed by atoms with Crippen molar-refractivity contribution < 1.29 is 0 Å². The molecule has 0 saturated heterocycles. The van der Waals surface area contributed by atoms with Crippen molar-refractivity contribution >= 4 is 11.6 Å². The first-order valence-electron chi connectivity index (χ1n) is 8.83. The summed E-state index contributed by atoms with van der Waals surface area (Å²) in [6, 6.07) is 36.5. The van der Waals surface area contributed by atoms with E-state index in [1.165, 1.54) is 33.4 Å². The molecule has 0 atom stereocenters. The molecule has 1 aliphatic rings. The molecule has 4 aromatic rings. The Kier molecular flexibility index (Phi) is 3.48. The summed E-state index contributed by atoms with van der Waals surface area (Å²) < 4.78 is 0. The molecule has 0 heterocycles. The molecule has 26 heavy (non-hydrogen) atoms. The lowest BCUT2D eigenvalue weighted by Crippen LogP contribution is -2.28. The lowest BCUT2D eigenvalue weighted by Gasteiger charge is -2.33. The molecule has 0 N–H and O–H groups in total. The molecule has 0 bridgehead atoms. The average molecular weight is 353 g/mol. The number of hydrogen-bond donors (Lipinski definition) is 0. The van der Waals surface area contributed by atoms with Gasteiger partial charge in [-0.2, -0.15) is 0 Å². The van der Waals surface area contributed by atoms with E-state index >= 15 is 0 Å². The lowest BCUT2D eigenvalue weighted by molar-refractivity contribution is 0.768. The van der Waals surface area contributed by atoms with E-state index in [-0.39, 0.29) is 5.41 Å². The second-order valence-electron chi connectivity index (χ2n) is 6.72. The number of hydrogen-bond acceptors (Lipinski definition) is 0. The minimum atomic E-state index is -0.348. The van der Waals surface area contributed by atoms with E-state index in [0.29, 0.717) is 0 Å². The van der Waals surface area contributed by atoms with Crippen molar-refractivity contribution in [3.63, 3.8) is 0 Å². The molecule has 0 amide bonds. The van der Waals surface area contributed by atoms with E-state index in [1.807, 2.05) is 12.1 Å². The van der Waals surface area contributed by atoms with Gasteiger partial charge in [0.2, 0.25) is 0 Å². The van der Waals surface area contributed by atoms with Gasteiger partial charge in [0.05, 0.1) is 5.41 Å². The number of fused-ring (bicyclic) bond motifs is 3. The second-order valence-corrected chi connectivity index (χ2v) is 7.15. The van der Waals surface area contributed by atoms with Crippen LogP contribution in [0.25, 0.3) is 11.1 Å². The van der Waals surface area contributed by atoms with Crippen LogP contribution in [0.15, 0.2) is 103 Å². The van der Waals surface area contributed by atoms with Crippen molar-refractivity contribution in [2.75, 3.05) is 0 Å². The van der Waals surface area contributed by atoms with E-state index in [2.05, 4.69) is 91.0 Å². The Bertz CT molecular complexity index is 1050. The fourth-order valence-electron chi connectivity index (χ4n) is 4.43. The number of rotatable bonds is 2. The lowest BCUT2D eigenvalue weighted by atomic mass is 9.68. The van der Waals surface area contributed by atoms with Gasteiger partial charge in [-0.3, -0.25) is 0 Å². The third kappa shape index (κ3) is 2.03. The largest absolute Gasteiger partial charge is 0.0843 e. The Labute approximate surface area is 158 Å². The third-order valence-electron chi connectivity index (χ3n) is 5.42. The van der Waals surface area contributed by atoms with E-state index in [0.717, 1.165) is 5.02 Å². The quantitative estimate of drug-likeness (QED) is 0.331. The van der Waals surface area contributed by atoms with Crippen LogP contribution in [-0.4, -0.2) is 0 Å². The number of benzene rings is 4. The average Bonchev–Trinajstić information content (AvgIpc) is 3.00. The summed E-state index contributed by atoms with van der Waals surface area (Å²) in [4.78, 5) is 0. The van der Waals surface area contributed by atoms with Crippen molar-refractivity contribution in [3.8, 4) is 11.1 Å². The van der Waals surface area contributed by atoms with E-state index in [1.54, 1.807) is 0 Å². The SMILES string of the molecule is Clc1cccc(C2(c3ccccc3)c3ccccc3-c3ccccc32)c1. The fraction of sp³-hybridized carbons (Fsp3) is 0.0400. The third-order valence-corrected chi connectivity index (χ3v) is 5.65. The Hall–Kier alpha value is -2.83. The van der Waals surface area contributed by atoms with Gasteiger partial charge in [-0.05, 0) is 45.5 Å². The van der Waals surface area contributed by atoms with Gasteiger partial charge in [0.25, 0.3) is 0 Å². The summed E-state index contributed by atoms with van der Waals surface area (Å²) in [5, 5.41) is 0.764. The minimum absolute atomic E-state index is 0.348. The predicted octanol–water partition coefficient (Wildman–Crippen LogP) is 6.70. The van der Waals surface area contributed by atoms with Crippen LogP contribution in [0.3, 0.4) is 0 Å². The maximum Gasteiger partial charge on any atom is 0.0714 e. The van der Waals surface area contributed by atoms with Crippen LogP contribution in [-0.2, 0) is 5.41 Å². The molecule has 0 radical (unpaired) electrons. The van der Waals surface area contributed by atoms with Crippen molar-refractivity contribution in [1.82, 2.24) is 0 Å². The molecule has 4 aromatic carbocycles. The van der Waals surface area contributed by atoms with Crippen LogP contribution < -0.4 is 0 Å². The molecule has 1 aliphatic carbocycles. The Morgan fingerprint density at radius 2 is 1.04 bits per heavy atom. The van der Waals surface area contributed by atoms with Gasteiger partial charge in [0, 0.05) is 5.02 Å². The first-order valence-corrected chi connectivity index (χ1v) is 9.20. The molecule has 0 aromatic heterocycles. The fourth-order valence-corrected chi connectivity index (χ4v) is 4.62. The first kappa shape index (κ1) is 15.4. The van der Waals surface area contributed by atoms with Crippen LogP contribution in [0.5, 0.6) is 0 Å². The van der Waals surface area contributed by atoms with E-state index in [4.69, 9.17) is 11.6 Å². The topological polar surface area (TPSA) is 0 Å². The highest BCUT2D eigenvalue weighted by Gasteiger charge is 2.45. The molecule has 0 saturated carbocycles. The van der Waals surface area contributed by atoms with Crippen molar-refractivity contribution in [1.29, 1.82) is 0 Å². The maximum absolute atomic E-state index is 6.43. The highest BCUT2D eigenvalue weighted by Crippen LogP contribution is 2.55. The Morgan fingerprint density at radius 1 is 0.500 bits per heavy atom.